The van der Waals surface area contributed by atoms with Crippen molar-refractivity contribution in [3.63, 3.8) is 0 Å². The summed E-state index contributed by atoms with van der Waals surface area (Å²) in [7, 11) is 5.45. The van der Waals surface area contributed by atoms with Crippen LogP contribution < -0.4 is 16.0 Å². The highest BCUT2D eigenvalue weighted by molar-refractivity contribution is 7.82. The number of carbonyl (C=O) groups is 3. The van der Waals surface area contributed by atoms with E-state index >= 15 is 0 Å². The summed E-state index contributed by atoms with van der Waals surface area (Å²) in [5, 5.41) is 9.64. The lowest BCUT2D eigenvalue weighted by molar-refractivity contribution is -0.134. The minimum absolute atomic E-state index is 0.0121. The summed E-state index contributed by atoms with van der Waals surface area (Å²) in [6, 6.07) is 2.45. The number of nitrogens with zero attached hydrogens (tertiary/aromatic N) is 4. The standard InChI is InChI=1S/C23H28ClN7O3S2/c1-30(2)23(34)12-4-6-14(27-21(35)19(32)29-18-7-5-13(24)9-25-18)15(8-12)26-20(33)22-28-16-10-31(3)11-17(16)36-22/h5,7,9,12,14-15H,4,6,8,10-11H2,1-3H3,(H,26,33)(H,27,35)(H,25,29,32)/t12-,14-,15+/m0/s1. The number of pyridine rings is 1. The lowest BCUT2D eigenvalue weighted by Crippen LogP contribution is -2.57. The zero-order chi connectivity index (χ0) is 26.0. The molecule has 2 aromatic heterocycles. The normalized spacial score (nSPS) is 21.4. The van der Waals surface area contributed by atoms with Gasteiger partial charge in [-0.05, 0) is 38.4 Å². The summed E-state index contributed by atoms with van der Waals surface area (Å²) < 4.78 is 0. The van der Waals surface area contributed by atoms with Crippen LogP contribution in [0.1, 0.15) is 39.6 Å². The zero-order valence-electron chi connectivity index (χ0n) is 20.2. The van der Waals surface area contributed by atoms with Crippen molar-refractivity contribution < 1.29 is 14.4 Å². The molecule has 0 unspecified atom stereocenters. The van der Waals surface area contributed by atoms with Crippen LogP contribution in [0, 0.1) is 5.92 Å². The molecule has 2 aromatic rings. The van der Waals surface area contributed by atoms with Gasteiger partial charge in [0.2, 0.25) is 5.91 Å². The van der Waals surface area contributed by atoms with Gasteiger partial charge >= 0.3 is 0 Å². The molecule has 1 aliphatic carbocycles. The van der Waals surface area contributed by atoms with Crippen molar-refractivity contribution in [1.29, 1.82) is 0 Å². The van der Waals surface area contributed by atoms with Gasteiger partial charge in [-0.25, -0.2) is 9.97 Å². The molecule has 0 radical (unpaired) electrons. The predicted octanol–water partition coefficient (Wildman–Crippen LogP) is 2.05. The average molecular weight is 550 g/mol. The zero-order valence-corrected chi connectivity index (χ0v) is 22.6. The van der Waals surface area contributed by atoms with Crippen LogP contribution in [-0.4, -0.2) is 75.7 Å². The number of thiazole rings is 1. The molecule has 0 saturated heterocycles. The minimum Gasteiger partial charge on any atom is -0.367 e. The van der Waals surface area contributed by atoms with Gasteiger partial charge in [0.25, 0.3) is 11.8 Å². The number of rotatable bonds is 5. The topological polar surface area (TPSA) is 120 Å². The molecule has 3 heterocycles. The van der Waals surface area contributed by atoms with Gasteiger partial charge in [-0.15, -0.1) is 11.3 Å². The SMILES string of the molecule is CN1Cc2nc(C(=O)N[C@@H]3C[C@@H](C(=O)N(C)C)CC[C@@H]3NC(=S)C(=O)Nc3ccc(Cl)cn3)sc2C1. The second-order valence-electron chi connectivity index (χ2n) is 9.28. The number of aromatic nitrogens is 2. The number of amides is 3. The third kappa shape index (κ3) is 6.17. The van der Waals surface area contributed by atoms with Crippen LogP contribution in [0.15, 0.2) is 18.3 Å². The van der Waals surface area contributed by atoms with Gasteiger partial charge in [0.1, 0.15) is 5.82 Å². The quantitative estimate of drug-likeness (QED) is 0.485. The summed E-state index contributed by atoms with van der Waals surface area (Å²) in [6.07, 6.45) is 3.02. The van der Waals surface area contributed by atoms with E-state index in [0.29, 0.717) is 35.1 Å². The molecule has 13 heteroatoms. The first kappa shape index (κ1) is 26.4. The molecule has 10 nitrogen and oxygen atoms in total. The van der Waals surface area contributed by atoms with E-state index in [1.54, 1.807) is 31.1 Å². The minimum atomic E-state index is -0.517. The van der Waals surface area contributed by atoms with Crippen molar-refractivity contribution in [2.45, 2.75) is 44.4 Å². The second-order valence-corrected chi connectivity index (χ2v) is 11.2. The van der Waals surface area contributed by atoms with Crippen LogP contribution >= 0.6 is 35.2 Å². The smallest absolute Gasteiger partial charge is 0.284 e. The van der Waals surface area contributed by atoms with Gasteiger partial charge < -0.3 is 20.9 Å². The van der Waals surface area contributed by atoms with Gasteiger partial charge in [-0.2, -0.15) is 0 Å². The molecule has 0 spiro atoms. The van der Waals surface area contributed by atoms with E-state index in [1.807, 2.05) is 7.05 Å². The van der Waals surface area contributed by atoms with Gasteiger partial charge in [0.05, 0.1) is 16.8 Å². The highest BCUT2D eigenvalue weighted by atomic mass is 35.5. The lowest BCUT2D eigenvalue weighted by Gasteiger charge is -2.37. The lowest BCUT2D eigenvalue weighted by atomic mass is 9.81. The number of nitrogens with one attached hydrogen (secondary N) is 3. The van der Waals surface area contributed by atoms with Gasteiger partial charge in [0.15, 0.2) is 10.00 Å². The number of carbonyl (C=O) groups excluding carboxylic acids is 3. The van der Waals surface area contributed by atoms with Crippen LogP contribution in [0.3, 0.4) is 0 Å². The predicted molar refractivity (Wildman–Crippen MR) is 142 cm³/mol. The van der Waals surface area contributed by atoms with Crippen molar-refractivity contribution in [3.05, 3.63) is 38.9 Å². The molecular weight excluding hydrogens is 522 g/mol. The van der Waals surface area contributed by atoms with E-state index in [4.69, 9.17) is 23.8 Å². The highest BCUT2D eigenvalue weighted by Gasteiger charge is 2.37. The molecule has 0 aromatic carbocycles. The number of fused-ring (bicyclic) bond motifs is 1. The van der Waals surface area contributed by atoms with Crippen molar-refractivity contribution >= 4 is 63.7 Å². The second kappa shape index (κ2) is 11.2. The first-order valence-electron chi connectivity index (χ1n) is 11.5. The molecular formula is C23H28ClN7O3S2. The monoisotopic (exact) mass is 549 g/mol. The van der Waals surface area contributed by atoms with Gasteiger partial charge in [-0.1, -0.05) is 23.8 Å². The molecule has 3 N–H and O–H groups in total. The number of halogens is 1. The Hall–Kier alpha value is -2.67. The summed E-state index contributed by atoms with van der Waals surface area (Å²) in [5.41, 5.74) is 0.931. The Morgan fingerprint density at radius 3 is 2.61 bits per heavy atom. The Kier molecular flexibility index (Phi) is 8.18. The molecule has 1 aliphatic heterocycles. The Morgan fingerprint density at radius 2 is 1.94 bits per heavy atom. The van der Waals surface area contributed by atoms with Crippen molar-refractivity contribution in [2.75, 3.05) is 26.5 Å². The summed E-state index contributed by atoms with van der Waals surface area (Å²) >= 11 is 12.6. The first-order valence-corrected chi connectivity index (χ1v) is 13.1. The molecule has 0 bridgehead atoms. The Balaban J connectivity index is 1.44. The van der Waals surface area contributed by atoms with Crippen LogP contribution in [-0.2, 0) is 22.7 Å². The number of thiocarbonyl (C=S) groups is 1. The highest BCUT2D eigenvalue weighted by Crippen LogP contribution is 2.29. The van der Waals surface area contributed by atoms with Crippen LogP contribution in [0.2, 0.25) is 5.02 Å². The van der Waals surface area contributed by atoms with E-state index in [1.165, 1.54) is 17.5 Å². The van der Waals surface area contributed by atoms with Crippen LogP contribution in [0.25, 0.3) is 0 Å². The van der Waals surface area contributed by atoms with Gasteiger partial charge in [0, 0.05) is 50.2 Å². The fourth-order valence-electron chi connectivity index (χ4n) is 4.46. The molecule has 1 fully saturated rings. The number of hydrogen-bond donors (Lipinski definition) is 3. The van der Waals surface area contributed by atoms with E-state index in [2.05, 4.69) is 30.8 Å². The van der Waals surface area contributed by atoms with Crippen molar-refractivity contribution in [2.24, 2.45) is 5.92 Å². The fourth-order valence-corrected chi connectivity index (χ4v) is 5.83. The van der Waals surface area contributed by atoms with E-state index in [0.717, 1.165) is 23.7 Å². The third-order valence-corrected chi connectivity index (χ3v) is 7.86. The molecule has 4 rings (SSSR count). The molecule has 192 valence electrons. The summed E-state index contributed by atoms with van der Waals surface area (Å²) in [4.78, 5) is 51.8. The Morgan fingerprint density at radius 1 is 1.17 bits per heavy atom. The Bertz CT molecular complexity index is 1150. The van der Waals surface area contributed by atoms with Crippen molar-refractivity contribution in [1.82, 2.24) is 30.4 Å². The molecule has 1 saturated carbocycles. The molecule has 2 aliphatic rings. The maximum Gasteiger partial charge on any atom is 0.284 e. The van der Waals surface area contributed by atoms with Crippen molar-refractivity contribution in [3.8, 4) is 0 Å². The van der Waals surface area contributed by atoms with Crippen LogP contribution in [0.5, 0.6) is 0 Å². The largest absolute Gasteiger partial charge is 0.367 e. The maximum atomic E-state index is 13.1. The van der Waals surface area contributed by atoms with E-state index in [-0.39, 0.29) is 28.8 Å². The van der Waals surface area contributed by atoms with E-state index in [9.17, 15) is 14.4 Å². The van der Waals surface area contributed by atoms with E-state index < -0.39 is 11.9 Å². The Labute approximate surface area is 223 Å². The molecule has 3 atom stereocenters. The third-order valence-electron chi connectivity index (χ3n) is 6.25. The molecule has 3 amide bonds. The van der Waals surface area contributed by atoms with Crippen LogP contribution in [0.4, 0.5) is 5.82 Å². The first-order chi connectivity index (χ1) is 17.1. The molecule has 36 heavy (non-hydrogen) atoms. The number of anilines is 1. The maximum absolute atomic E-state index is 13.1. The summed E-state index contributed by atoms with van der Waals surface area (Å²) in [5.74, 6) is -0.706. The average Bonchev–Trinajstić information content (AvgIpc) is 3.38. The number of hydrogen-bond acceptors (Lipinski definition) is 8. The summed E-state index contributed by atoms with van der Waals surface area (Å²) in [6.45, 7) is 1.50. The fraction of sp³-hybridized carbons (Fsp3) is 0.478. The van der Waals surface area contributed by atoms with Gasteiger partial charge in [-0.3, -0.25) is 19.3 Å².